The summed E-state index contributed by atoms with van der Waals surface area (Å²) in [6, 6.07) is 12.4. The second kappa shape index (κ2) is 7.31. The highest BCUT2D eigenvalue weighted by Crippen LogP contribution is 2.64. The van der Waals surface area contributed by atoms with E-state index >= 15 is 0 Å². The molecule has 2 aromatic rings. The number of hydrogen-bond acceptors (Lipinski definition) is 5. The van der Waals surface area contributed by atoms with Crippen molar-refractivity contribution in [2.24, 2.45) is 17.2 Å². The van der Waals surface area contributed by atoms with E-state index in [4.69, 9.17) is 22.2 Å². The highest BCUT2D eigenvalue weighted by molar-refractivity contribution is 7.89. The third-order valence-corrected chi connectivity index (χ3v) is 6.87. The van der Waals surface area contributed by atoms with Crippen molar-refractivity contribution in [3.05, 3.63) is 53.1 Å². The van der Waals surface area contributed by atoms with Crippen molar-refractivity contribution >= 4 is 27.3 Å². The molecule has 4 N–H and O–H groups in total. The summed E-state index contributed by atoms with van der Waals surface area (Å²) in [4.78, 5) is 2.00. The van der Waals surface area contributed by atoms with Crippen molar-refractivity contribution in [1.29, 1.82) is 0 Å². The van der Waals surface area contributed by atoms with E-state index in [9.17, 15) is 8.42 Å². The zero-order valence-corrected chi connectivity index (χ0v) is 17.1. The molecule has 0 amide bonds. The van der Waals surface area contributed by atoms with Gasteiger partial charge in [0.2, 0.25) is 0 Å². The van der Waals surface area contributed by atoms with Gasteiger partial charge in [0.1, 0.15) is 5.75 Å². The second-order valence-electron chi connectivity index (χ2n) is 7.32. The molecule has 3 rings (SSSR count). The molecule has 1 aliphatic carbocycles. The molecule has 2 atom stereocenters. The normalized spacial score (nSPS) is 20.9. The fourth-order valence-corrected chi connectivity index (χ4v) is 4.55. The summed E-state index contributed by atoms with van der Waals surface area (Å²) >= 11 is 6.09. The average molecular weight is 410 g/mol. The first-order valence-electron chi connectivity index (χ1n) is 8.60. The van der Waals surface area contributed by atoms with E-state index in [0.29, 0.717) is 16.9 Å². The number of anilines is 1. The Hall–Kier alpha value is -1.80. The number of sulfonamides is 1. The quantitative estimate of drug-likeness (QED) is 0.481. The molecular formula is C19H24ClN3O3S. The topological polar surface area (TPSA) is 93.4 Å². The van der Waals surface area contributed by atoms with Crippen LogP contribution in [0.5, 0.6) is 5.75 Å². The number of hydrazine groups is 1. The van der Waals surface area contributed by atoms with Gasteiger partial charge in [-0.15, -0.1) is 0 Å². The molecular weight excluding hydrogens is 386 g/mol. The summed E-state index contributed by atoms with van der Waals surface area (Å²) in [5.41, 5.74) is 2.08. The molecule has 1 aliphatic rings. The van der Waals surface area contributed by atoms with Gasteiger partial charge in [0, 0.05) is 11.6 Å². The monoisotopic (exact) mass is 409 g/mol. The fourth-order valence-electron chi connectivity index (χ4n) is 3.75. The molecule has 2 aromatic carbocycles. The Morgan fingerprint density at radius 2 is 1.85 bits per heavy atom. The SMILES string of the molecule is COc1ccc(Cl)cc1NC[C@@H]1[C@@H](c2ccc(S(=O)(=O)NN)cc2)C1(C)C. The second-order valence-corrected chi connectivity index (χ2v) is 9.47. The molecule has 1 fully saturated rings. The van der Waals surface area contributed by atoms with E-state index in [-0.39, 0.29) is 10.3 Å². The van der Waals surface area contributed by atoms with Gasteiger partial charge in [0.15, 0.2) is 0 Å². The lowest BCUT2D eigenvalue weighted by molar-refractivity contribution is 0.416. The maximum absolute atomic E-state index is 11.8. The standard InChI is InChI=1S/C19H24ClN3O3S/c1-19(2)15(11-22-16-10-13(20)6-9-17(16)26-3)18(19)12-4-7-14(8-5-12)27(24,25)23-21/h4-10,15,18,22-23H,11,21H2,1-3H3/t15-,18-/m1/s1. The Kier molecular flexibility index (Phi) is 5.40. The van der Waals surface area contributed by atoms with E-state index in [1.165, 1.54) is 0 Å². The van der Waals surface area contributed by atoms with Crippen LogP contribution in [-0.4, -0.2) is 22.1 Å². The van der Waals surface area contributed by atoms with E-state index in [1.54, 1.807) is 25.3 Å². The van der Waals surface area contributed by atoms with Crippen molar-refractivity contribution < 1.29 is 13.2 Å². The minimum Gasteiger partial charge on any atom is -0.495 e. The van der Waals surface area contributed by atoms with Crippen molar-refractivity contribution in [2.75, 3.05) is 19.0 Å². The number of benzene rings is 2. The first kappa shape index (κ1) is 19.9. The fraction of sp³-hybridized carbons (Fsp3) is 0.368. The van der Waals surface area contributed by atoms with Gasteiger partial charge in [-0.2, -0.15) is 4.83 Å². The number of methoxy groups -OCH3 is 1. The van der Waals surface area contributed by atoms with Crippen LogP contribution in [-0.2, 0) is 10.0 Å². The highest BCUT2D eigenvalue weighted by atomic mass is 35.5. The van der Waals surface area contributed by atoms with Gasteiger partial charge in [-0.05, 0) is 53.1 Å². The number of halogens is 1. The summed E-state index contributed by atoms with van der Waals surface area (Å²) in [5, 5.41) is 4.08. The van der Waals surface area contributed by atoms with Crippen LogP contribution < -0.4 is 20.7 Å². The lowest BCUT2D eigenvalue weighted by atomic mass is 10.0. The van der Waals surface area contributed by atoms with Gasteiger partial charge < -0.3 is 10.1 Å². The number of nitrogens with two attached hydrogens (primary N) is 1. The molecule has 0 aliphatic heterocycles. The number of ether oxygens (including phenoxy) is 1. The average Bonchev–Trinajstić information content (AvgIpc) is 3.20. The Morgan fingerprint density at radius 1 is 1.19 bits per heavy atom. The summed E-state index contributed by atoms with van der Waals surface area (Å²) < 4.78 is 28.9. The van der Waals surface area contributed by atoms with Gasteiger partial charge >= 0.3 is 0 Å². The molecule has 8 heteroatoms. The Bertz CT molecular complexity index is 930. The minimum atomic E-state index is -3.63. The van der Waals surface area contributed by atoms with E-state index in [0.717, 1.165) is 23.5 Å². The largest absolute Gasteiger partial charge is 0.495 e. The van der Waals surface area contributed by atoms with Crippen LogP contribution in [0.15, 0.2) is 47.4 Å². The van der Waals surface area contributed by atoms with Crippen LogP contribution >= 0.6 is 11.6 Å². The summed E-state index contributed by atoms with van der Waals surface area (Å²) in [5.74, 6) is 6.56. The van der Waals surface area contributed by atoms with Crippen molar-refractivity contribution in [3.63, 3.8) is 0 Å². The maximum atomic E-state index is 11.8. The maximum Gasteiger partial charge on any atom is 0.253 e. The number of rotatable bonds is 7. The Morgan fingerprint density at radius 3 is 2.44 bits per heavy atom. The van der Waals surface area contributed by atoms with Gasteiger partial charge in [0.25, 0.3) is 10.0 Å². The highest BCUT2D eigenvalue weighted by Gasteiger charge is 2.57. The van der Waals surface area contributed by atoms with Gasteiger partial charge in [0.05, 0.1) is 17.7 Å². The molecule has 0 aromatic heterocycles. The summed E-state index contributed by atoms with van der Waals surface area (Å²) in [6.45, 7) is 5.19. The van der Waals surface area contributed by atoms with Crippen molar-refractivity contribution in [3.8, 4) is 5.75 Å². The molecule has 0 bridgehead atoms. The predicted molar refractivity (Wildman–Crippen MR) is 107 cm³/mol. The van der Waals surface area contributed by atoms with E-state index in [1.807, 2.05) is 29.1 Å². The third-order valence-electron chi connectivity index (χ3n) is 5.43. The number of hydrogen-bond donors (Lipinski definition) is 3. The van der Waals surface area contributed by atoms with Crippen molar-refractivity contribution in [1.82, 2.24) is 4.83 Å². The van der Waals surface area contributed by atoms with E-state index < -0.39 is 10.0 Å². The van der Waals surface area contributed by atoms with Crippen LogP contribution in [0.4, 0.5) is 5.69 Å². The van der Waals surface area contributed by atoms with Gasteiger partial charge in [-0.3, -0.25) is 5.84 Å². The van der Waals surface area contributed by atoms with Crippen LogP contribution in [0.25, 0.3) is 0 Å². The first-order valence-corrected chi connectivity index (χ1v) is 10.5. The molecule has 1 saturated carbocycles. The van der Waals surface area contributed by atoms with Crippen LogP contribution in [0.3, 0.4) is 0 Å². The van der Waals surface area contributed by atoms with Crippen LogP contribution in [0, 0.1) is 11.3 Å². The molecule has 0 radical (unpaired) electrons. The molecule has 0 spiro atoms. The Balaban J connectivity index is 1.73. The van der Waals surface area contributed by atoms with Gasteiger partial charge in [-0.1, -0.05) is 37.6 Å². The molecule has 0 saturated heterocycles. The zero-order valence-electron chi connectivity index (χ0n) is 15.5. The molecule has 0 unspecified atom stereocenters. The minimum absolute atomic E-state index is 0.102. The predicted octanol–water partition coefficient (Wildman–Crippen LogP) is 3.35. The van der Waals surface area contributed by atoms with Crippen LogP contribution in [0.2, 0.25) is 5.02 Å². The van der Waals surface area contributed by atoms with Gasteiger partial charge in [-0.25, -0.2) is 8.42 Å². The lowest BCUT2D eigenvalue weighted by Crippen LogP contribution is -2.30. The smallest absolute Gasteiger partial charge is 0.253 e. The Labute approximate surface area is 165 Å². The first-order chi connectivity index (χ1) is 12.7. The molecule has 6 nitrogen and oxygen atoms in total. The van der Waals surface area contributed by atoms with Crippen molar-refractivity contribution in [2.45, 2.75) is 24.7 Å². The summed E-state index contributed by atoms with van der Waals surface area (Å²) in [7, 11) is -2.00. The summed E-state index contributed by atoms with van der Waals surface area (Å²) in [6.07, 6.45) is 0. The third kappa shape index (κ3) is 3.91. The molecule has 0 heterocycles. The zero-order chi connectivity index (χ0) is 19.8. The van der Waals surface area contributed by atoms with Crippen LogP contribution in [0.1, 0.15) is 25.3 Å². The molecule has 146 valence electrons. The van der Waals surface area contributed by atoms with E-state index in [2.05, 4.69) is 19.2 Å². The molecule has 27 heavy (non-hydrogen) atoms. The number of nitrogens with one attached hydrogen (secondary N) is 2. The lowest BCUT2D eigenvalue weighted by Gasteiger charge is -2.12.